The second-order valence-corrected chi connectivity index (χ2v) is 5.53. The second kappa shape index (κ2) is 8.36. The van der Waals surface area contributed by atoms with Gasteiger partial charge in [-0.2, -0.15) is 0 Å². The van der Waals surface area contributed by atoms with Crippen LogP contribution in [0.4, 0.5) is 11.4 Å². The molecule has 136 valence electrons. The highest BCUT2D eigenvalue weighted by Crippen LogP contribution is 2.35. The first-order chi connectivity index (χ1) is 12.0. The summed E-state index contributed by atoms with van der Waals surface area (Å²) in [6.45, 7) is 4.08. The standard InChI is InChI=1S/C17H23N3O5/c1-3-24-15(21)10-19-9-14(17(18)23)20(11-16(22)25-4-2)13-8-6-5-7-12(13)19/h5-8,14H,3-4,9-11H2,1-2H3,(H2,18,23). The monoisotopic (exact) mass is 349 g/mol. The Kier molecular flexibility index (Phi) is 6.21. The molecule has 0 bridgehead atoms. The van der Waals surface area contributed by atoms with Gasteiger partial charge in [-0.3, -0.25) is 14.4 Å². The van der Waals surface area contributed by atoms with Crippen LogP contribution >= 0.6 is 0 Å². The molecule has 1 aliphatic heterocycles. The number of carbonyl (C=O) groups excluding carboxylic acids is 3. The highest BCUT2D eigenvalue weighted by molar-refractivity contribution is 5.92. The Bertz CT molecular complexity index is 649. The van der Waals surface area contributed by atoms with Crippen LogP contribution in [-0.2, 0) is 23.9 Å². The van der Waals surface area contributed by atoms with Crippen LogP contribution < -0.4 is 15.5 Å². The molecule has 0 fully saturated rings. The van der Waals surface area contributed by atoms with E-state index in [0.29, 0.717) is 5.69 Å². The Morgan fingerprint density at radius 2 is 1.60 bits per heavy atom. The average molecular weight is 349 g/mol. The number of nitrogens with two attached hydrogens (primary N) is 1. The number of rotatable bonds is 7. The van der Waals surface area contributed by atoms with E-state index in [2.05, 4.69) is 0 Å². The van der Waals surface area contributed by atoms with Crippen molar-refractivity contribution >= 4 is 29.2 Å². The molecule has 1 atom stereocenters. The predicted molar refractivity (Wildman–Crippen MR) is 92.2 cm³/mol. The van der Waals surface area contributed by atoms with E-state index in [4.69, 9.17) is 15.2 Å². The zero-order chi connectivity index (χ0) is 18.4. The fourth-order valence-corrected chi connectivity index (χ4v) is 2.84. The van der Waals surface area contributed by atoms with E-state index >= 15 is 0 Å². The molecule has 8 nitrogen and oxygen atoms in total. The van der Waals surface area contributed by atoms with E-state index in [1.165, 1.54) is 0 Å². The number of amides is 1. The Morgan fingerprint density at radius 1 is 1.04 bits per heavy atom. The first kappa shape index (κ1) is 18.6. The Balaban J connectivity index is 2.34. The minimum absolute atomic E-state index is 0.00186. The second-order valence-electron chi connectivity index (χ2n) is 5.53. The molecule has 0 spiro atoms. The number of fused-ring (bicyclic) bond motifs is 1. The first-order valence-corrected chi connectivity index (χ1v) is 8.19. The van der Waals surface area contributed by atoms with Gasteiger partial charge in [0, 0.05) is 6.54 Å². The molecule has 1 amide bonds. The summed E-state index contributed by atoms with van der Waals surface area (Å²) < 4.78 is 9.98. The molecule has 0 saturated heterocycles. The maximum Gasteiger partial charge on any atom is 0.325 e. The number of para-hydroxylation sites is 2. The van der Waals surface area contributed by atoms with E-state index in [1.807, 2.05) is 12.1 Å². The van der Waals surface area contributed by atoms with Crippen LogP contribution in [0.3, 0.4) is 0 Å². The van der Waals surface area contributed by atoms with E-state index in [0.717, 1.165) is 5.69 Å². The van der Waals surface area contributed by atoms with Crippen LogP contribution in [-0.4, -0.2) is 56.7 Å². The molecule has 1 aromatic rings. The number of hydrogen-bond acceptors (Lipinski definition) is 7. The number of nitrogens with zero attached hydrogens (tertiary/aromatic N) is 2. The van der Waals surface area contributed by atoms with Gasteiger partial charge >= 0.3 is 11.9 Å². The van der Waals surface area contributed by atoms with E-state index in [-0.39, 0.29) is 38.8 Å². The molecule has 1 aromatic carbocycles. The van der Waals surface area contributed by atoms with Crippen molar-refractivity contribution in [3.05, 3.63) is 24.3 Å². The lowest BCUT2D eigenvalue weighted by Gasteiger charge is -2.42. The van der Waals surface area contributed by atoms with Gasteiger partial charge < -0.3 is 25.0 Å². The molecule has 1 unspecified atom stereocenters. The fraction of sp³-hybridized carbons (Fsp3) is 0.471. The number of hydrogen-bond donors (Lipinski definition) is 1. The summed E-state index contributed by atoms with van der Waals surface area (Å²) in [7, 11) is 0. The van der Waals surface area contributed by atoms with Gasteiger partial charge in [-0.15, -0.1) is 0 Å². The highest BCUT2D eigenvalue weighted by atomic mass is 16.5. The summed E-state index contributed by atoms with van der Waals surface area (Å²) in [5.74, 6) is -1.41. The minimum Gasteiger partial charge on any atom is -0.465 e. The van der Waals surface area contributed by atoms with Gasteiger partial charge in [-0.05, 0) is 26.0 Å². The van der Waals surface area contributed by atoms with E-state index in [9.17, 15) is 14.4 Å². The maximum atomic E-state index is 12.0. The van der Waals surface area contributed by atoms with Gasteiger partial charge in [-0.1, -0.05) is 12.1 Å². The van der Waals surface area contributed by atoms with Gasteiger partial charge in [0.25, 0.3) is 0 Å². The van der Waals surface area contributed by atoms with Crippen molar-refractivity contribution in [3.63, 3.8) is 0 Å². The predicted octanol–water partition coefficient (Wildman–Crippen LogP) is 0.293. The number of carbonyl (C=O) groups is 3. The van der Waals surface area contributed by atoms with Gasteiger partial charge in [-0.25, -0.2) is 0 Å². The van der Waals surface area contributed by atoms with Crippen LogP contribution in [0.2, 0.25) is 0 Å². The third-order valence-corrected chi connectivity index (χ3v) is 3.86. The molecule has 0 aliphatic carbocycles. The molecule has 2 N–H and O–H groups in total. The largest absolute Gasteiger partial charge is 0.465 e. The number of anilines is 2. The van der Waals surface area contributed by atoms with Crippen molar-refractivity contribution in [2.24, 2.45) is 5.73 Å². The van der Waals surface area contributed by atoms with Crippen LogP contribution in [0.5, 0.6) is 0 Å². The van der Waals surface area contributed by atoms with Crippen LogP contribution in [0.15, 0.2) is 24.3 Å². The molecule has 8 heteroatoms. The molecule has 1 aliphatic rings. The molecular weight excluding hydrogens is 326 g/mol. The molecule has 0 saturated carbocycles. The SMILES string of the molecule is CCOC(=O)CN1CC(C(N)=O)N(CC(=O)OCC)c2ccccc21. The van der Waals surface area contributed by atoms with Crippen LogP contribution in [0.1, 0.15) is 13.8 Å². The zero-order valence-electron chi connectivity index (χ0n) is 14.4. The smallest absolute Gasteiger partial charge is 0.325 e. The lowest BCUT2D eigenvalue weighted by Crippen LogP contribution is -2.57. The number of primary amides is 1. The minimum atomic E-state index is -0.756. The molecule has 1 heterocycles. The third kappa shape index (κ3) is 4.40. The number of ether oxygens (including phenoxy) is 2. The number of benzene rings is 1. The van der Waals surface area contributed by atoms with Gasteiger partial charge in [0.15, 0.2) is 0 Å². The van der Waals surface area contributed by atoms with Crippen molar-refractivity contribution in [2.75, 3.05) is 42.6 Å². The highest BCUT2D eigenvalue weighted by Gasteiger charge is 2.36. The summed E-state index contributed by atoms with van der Waals surface area (Å²) in [6.07, 6.45) is 0. The normalized spacial score (nSPS) is 16.2. The Morgan fingerprint density at radius 3 is 2.16 bits per heavy atom. The van der Waals surface area contributed by atoms with Gasteiger partial charge in [0.05, 0.1) is 24.6 Å². The van der Waals surface area contributed by atoms with E-state index < -0.39 is 17.9 Å². The van der Waals surface area contributed by atoms with Crippen molar-refractivity contribution in [3.8, 4) is 0 Å². The topological polar surface area (TPSA) is 102 Å². The van der Waals surface area contributed by atoms with Crippen LogP contribution in [0, 0.1) is 0 Å². The fourth-order valence-electron chi connectivity index (χ4n) is 2.84. The molecule has 2 rings (SSSR count). The molecular formula is C17H23N3O5. The van der Waals surface area contributed by atoms with Crippen molar-refractivity contribution in [1.82, 2.24) is 0 Å². The summed E-state index contributed by atoms with van der Waals surface area (Å²) in [5, 5.41) is 0. The summed E-state index contributed by atoms with van der Waals surface area (Å²) in [6, 6.07) is 6.47. The molecule has 0 aromatic heterocycles. The summed E-state index contributed by atoms with van der Waals surface area (Å²) in [4.78, 5) is 39.1. The van der Waals surface area contributed by atoms with E-state index in [1.54, 1.807) is 35.8 Å². The van der Waals surface area contributed by atoms with Crippen LogP contribution in [0.25, 0.3) is 0 Å². The Labute approximate surface area is 146 Å². The summed E-state index contributed by atoms with van der Waals surface area (Å²) in [5.41, 5.74) is 6.92. The third-order valence-electron chi connectivity index (χ3n) is 3.86. The lowest BCUT2D eigenvalue weighted by atomic mass is 10.1. The van der Waals surface area contributed by atoms with Crippen molar-refractivity contribution in [1.29, 1.82) is 0 Å². The van der Waals surface area contributed by atoms with Gasteiger partial charge in [0.1, 0.15) is 19.1 Å². The quantitative estimate of drug-likeness (QED) is 0.706. The maximum absolute atomic E-state index is 12.0. The number of esters is 2. The van der Waals surface area contributed by atoms with Gasteiger partial charge in [0.2, 0.25) is 5.91 Å². The zero-order valence-corrected chi connectivity index (χ0v) is 14.4. The van der Waals surface area contributed by atoms with Crippen molar-refractivity contribution < 1.29 is 23.9 Å². The summed E-state index contributed by atoms with van der Waals surface area (Å²) >= 11 is 0. The molecule has 25 heavy (non-hydrogen) atoms. The molecule has 0 radical (unpaired) electrons. The Hall–Kier alpha value is -2.77. The van der Waals surface area contributed by atoms with Crippen molar-refractivity contribution in [2.45, 2.75) is 19.9 Å². The lowest BCUT2D eigenvalue weighted by molar-refractivity contribution is -0.142. The average Bonchev–Trinajstić information content (AvgIpc) is 2.57. The first-order valence-electron chi connectivity index (χ1n) is 8.19.